The Morgan fingerprint density at radius 1 is 1.25 bits per heavy atom. The molecule has 0 unspecified atom stereocenters. The molecule has 0 bridgehead atoms. The number of hydrogen-bond acceptors (Lipinski definition) is 8. The lowest BCUT2D eigenvalue weighted by Crippen LogP contribution is -2.19. The Kier molecular flexibility index (Phi) is 7.48. The van der Waals surface area contributed by atoms with E-state index in [0.717, 1.165) is 12.8 Å². The fraction of sp³-hybridized carbons (Fsp3) is 0.304. The molecule has 1 aliphatic rings. The van der Waals surface area contributed by atoms with Gasteiger partial charge in [-0.1, -0.05) is 0 Å². The molecule has 0 spiro atoms. The Bertz CT molecular complexity index is 1300. The number of benzene rings is 1. The average molecular weight is 521 g/mol. The summed E-state index contributed by atoms with van der Waals surface area (Å²) in [6.07, 6.45) is 3.52. The summed E-state index contributed by atoms with van der Waals surface area (Å²) in [7, 11) is 3.00. The first-order valence-corrected chi connectivity index (χ1v) is 12.1. The van der Waals surface area contributed by atoms with Gasteiger partial charge < -0.3 is 16.0 Å². The Balaban J connectivity index is 1.88. The highest BCUT2D eigenvalue weighted by molar-refractivity contribution is 7.98. The molecule has 0 amide bonds. The number of aromatic nitrogens is 4. The van der Waals surface area contributed by atoms with Crippen LogP contribution in [0.4, 0.5) is 40.8 Å². The normalized spacial score (nSPS) is 14.2. The van der Waals surface area contributed by atoms with E-state index in [0.29, 0.717) is 21.7 Å². The number of H-pyrrole nitrogens is 1. The van der Waals surface area contributed by atoms with E-state index in [-0.39, 0.29) is 34.9 Å². The molecule has 0 aliphatic heterocycles. The van der Waals surface area contributed by atoms with Crippen molar-refractivity contribution in [3.05, 3.63) is 53.0 Å². The molecule has 0 atom stereocenters. The fourth-order valence-electron chi connectivity index (χ4n) is 3.72. The molecule has 13 heteroatoms. The van der Waals surface area contributed by atoms with Crippen LogP contribution >= 0.6 is 11.8 Å². The minimum absolute atomic E-state index is 0.0416. The molecule has 2 heterocycles. The van der Waals surface area contributed by atoms with Crippen LogP contribution in [-0.4, -0.2) is 46.7 Å². The molecule has 0 radical (unpaired) electrons. The molecule has 4 N–H and O–H groups in total. The Hall–Kier alpha value is -3.61. The minimum Gasteiger partial charge on any atom is -0.404 e. The van der Waals surface area contributed by atoms with Crippen molar-refractivity contribution in [2.45, 2.75) is 30.1 Å². The number of aliphatic imine (C=N–C) groups is 1. The van der Waals surface area contributed by atoms with Gasteiger partial charge in [0.1, 0.15) is 17.2 Å². The number of thioether (sulfide) groups is 1. The SMILES string of the molecule is CN=C/C(=C\N)c1nc(N(C)c2c(F)cc(SC)cc2F)nc(Nc2cc(C(F)F)[nH]n2)c1C1CC1. The third-order valence-electron chi connectivity index (χ3n) is 5.58. The van der Waals surface area contributed by atoms with Crippen LogP contribution in [0.25, 0.3) is 5.57 Å². The predicted octanol–water partition coefficient (Wildman–Crippen LogP) is 5.53. The van der Waals surface area contributed by atoms with E-state index in [1.807, 2.05) is 0 Å². The lowest BCUT2D eigenvalue weighted by atomic mass is 10.0. The zero-order chi connectivity index (χ0) is 26.0. The van der Waals surface area contributed by atoms with Crippen LogP contribution in [0.1, 0.15) is 42.1 Å². The summed E-state index contributed by atoms with van der Waals surface area (Å²) in [5, 5.41) is 9.13. The first kappa shape index (κ1) is 25.5. The third-order valence-corrected chi connectivity index (χ3v) is 6.29. The molecule has 4 rings (SSSR count). The highest BCUT2D eigenvalue weighted by Crippen LogP contribution is 2.47. The molecule has 1 fully saturated rings. The van der Waals surface area contributed by atoms with Crippen molar-refractivity contribution in [3.8, 4) is 0 Å². The Labute approximate surface area is 209 Å². The van der Waals surface area contributed by atoms with Gasteiger partial charge in [0, 0.05) is 48.6 Å². The molecule has 0 saturated heterocycles. The van der Waals surface area contributed by atoms with Gasteiger partial charge in [-0.25, -0.2) is 22.5 Å². The maximum absolute atomic E-state index is 14.9. The molecular formula is C23H24F4N8S. The number of anilines is 4. The van der Waals surface area contributed by atoms with Gasteiger partial charge in [-0.2, -0.15) is 10.1 Å². The number of nitrogens with one attached hydrogen (secondary N) is 2. The average Bonchev–Trinajstić information content (AvgIpc) is 3.58. The Morgan fingerprint density at radius 2 is 1.94 bits per heavy atom. The molecule has 8 nitrogen and oxygen atoms in total. The van der Waals surface area contributed by atoms with Gasteiger partial charge in [0.2, 0.25) is 5.95 Å². The van der Waals surface area contributed by atoms with Crippen molar-refractivity contribution in [2.75, 3.05) is 30.6 Å². The van der Waals surface area contributed by atoms with E-state index >= 15 is 0 Å². The van der Waals surface area contributed by atoms with Crippen molar-refractivity contribution < 1.29 is 17.6 Å². The Morgan fingerprint density at radius 3 is 2.47 bits per heavy atom. The maximum Gasteiger partial charge on any atom is 0.279 e. The van der Waals surface area contributed by atoms with E-state index in [9.17, 15) is 17.6 Å². The van der Waals surface area contributed by atoms with Gasteiger partial charge >= 0.3 is 0 Å². The predicted molar refractivity (Wildman–Crippen MR) is 134 cm³/mol. The van der Waals surface area contributed by atoms with E-state index in [4.69, 9.17) is 5.73 Å². The number of halogens is 4. The summed E-state index contributed by atoms with van der Waals surface area (Å²) in [6, 6.07) is 3.62. The summed E-state index contributed by atoms with van der Waals surface area (Å²) < 4.78 is 56.0. The van der Waals surface area contributed by atoms with E-state index in [1.165, 1.54) is 54.3 Å². The van der Waals surface area contributed by atoms with Crippen molar-refractivity contribution in [1.29, 1.82) is 0 Å². The van der Waals surface area contributed by atoms with Gasteiger partial charge in [-0.15, -0.1) is 11.8 Å². The number of aromatic amines is 1. The van der Waals surface area contributed by atoms with E-state index < -0.39 is 18.1 Å². The van der Waals surface area contributed by atoms with Crippen molar-refractivity contribution >= 4 is 46.8 Å². The van der Waals surface area contributed by atoms with Gasteiger partial charge in [0.25, 0.3) is 6.43 Å². The van der Waals surface area contributed by atoms with Crippen LogP contribution in [0.5, 0.6) is 0 Å². The molecule has 190 valence electrons. The largest absolute Gasteiger partial charge is 0.404 e. The summed E-state index contributed by atoms with van der Waals surface area (Å²) in [5.41, 5.74) is 6.72. The zero-order valence-electron chi connectivity index (χ0n) is 19.7. The quantitative estimate of drug-likeness (QED) is 0.194. The van der Waals surface area contributed by atoms with Crippen LogP contribution in [0.3, 0.4) is 0 Å². The highest BCUT2D eigenvalue weighted by Gasteiger charge is 2.33. The first-order valence-electron chi connectivity index (χ1n) is 10.9. The molecule has 36 heavy (non-hydrogen) atoms. The lowest BCUT2D eigenvalue weighted by Gasteiger charge is -2.23. The third kappa shape index (κ3) is 5.15. The van der Waals surface area contributed by atoms with Crippen LogP contribution in [-0.2, 0) is 0 Å². The van der Waals surface area contributed by atoms with Gasteiger partial charge in [0.05, 0.1) is 5.69 Å². The molecule has 2 aromatic heterocycles. The number of rotatable bonds is 9. The molecule has 3 aromatic rings. The number of hydrogen-bond donors (Lipinski definition) is 3. The number of allylic oxidation sites excluding steroid dienone is 1. The van der Waals surface area contributed by atoms with E-state index in [2.05, 4.69) is 30.5 Å². The minimum atomic E-state index is -2.73. The highest BCUT2D eigenvalue weighted by atomic mass is 32.2. The van der Waals surface area contributed by atoms with Gasteiger partial charge in [-0.3, -0.25) is 10.1 Å². The van der Waals surface area contributed by atoms with Crippen LogP contribution in [0.2, 0.25) is 0 Å². The van der Waals surface area contributed by atoms with Crippen molar-refractivity contribution in [3.63, 3.8) is 0 Å². The van der Waals surface area contributed by atoms with Crippen molar-refractivity contribution in [2.24, 2.45) is 10.7 Å². The molecular weight excluding hydrogens is 496 g/mol. The zero-order valence-corrected chi connectivity index (χ0v) is 20.5. The van der Waals surface area contributed by atoms with E-state index in [1.54, 1.807) is 13.3 Å². The molecule has 1 saturated carbocycles. The molecule has 1 aliphatic carbocycles. The summed E-state index contributed by atoms with van der Waals surface area (Å²) >= 11 is 1.21. The first-order chi connectivity index (χ1) is 17.3. The summed E-state index contributed by atoms with van der Waals surface area (Å²) in [4.78, 5) is 14.8. The second-order valence-electron chi connectivity index (χ2n) is 8.05. The topological polar surface area (TPSA) is 108 Å². The maximum atomic E-state index is 14.9. The standard InChI is InChI=1S/C23H24F4N8S/c1-29-10-12(9-28)19-18(11-4-5-11)22(30-17-8-16(21(26)27)33-34-17)32-23(31-19)35(2)20-14(24)6-13(36-3)7-15(20)25/h6-11,21H,4-5,28H2,1-3H3,(H2,30,31,32,33,34)/b12-9+,29-10?. The number of nitrogens with two attached hydrogens (primary N) is 1. The molecule has 1 aromatic carbocycles. The second kappa shape index (κ2) is 10.6. The number of nitrogens with zero attached hydrogens (tertiary/aromatic N) is 5. The van der Waals surface area contributed by atoms with Crippen LogP contribution in [0.15, 0.2) is 34.3 Å². The monoisotopic (exact) mass is 520 g/mol. The van der Waals surface area contributed by atoms with Crippen molar-refractivity contribution in [1.82, 2.24) is 20.2 Å². The number of alkyl halides is 2. The van der Waals surface area contributed by atoms with Crippen LogP contribution < -0.4 is 16.0 Å². The lowest BCUT2D eigenvalue weighted by molar-refractivity contribution is 0.146. The fourth-order valence-corrected chi connectivity index (χ4v) is 4.16. The smallest absolute Gasteiger partial charge is 0.279 e. The summed E-state index contributed by atoms with van der Waals surface area (Å²) in [5.74, 6) is -1.17. The van der Waals surface area contributed by atoms with Gasteiger partial charge in [-0.05, 0) is 37.1 Å². The summed E-state index contributed by atoms with van der Waals surface area (Å²) in [6.45, 7) is 0. The van der Waals surface area contributed by atoms with Gasteiger partial charge in [0.15, 0.2) is 17.5 Å². The van der Waals surface area contributed by atoms with Crippen LogP contribution in [0, 0.1) is 11.6 Å². The second-order valence-corrected chi connectivity index (χ2v) is 8.93.